The highest BCUT2D eigenvalue weighted by molar-refractivity contribution is 9.08. The Morgan fingerprint density at radius 1 is 1.20 bits per heavy atom. The summed E-state index contributed by atoms with van der Waals surface area (Å²) in [5, 5.41) is 3.32. The highest BCUT2D eigenvalue weighted by Crippen LogP contribution is 2.13. The summed E-state index contributed by atoms with van der Waals surface area (Å²) in [7, 11) is -3.69. The number of sulfonamides is 1. The molecule has 7 heteroatoms. The van der Waals surface area contributed by atoms with Gasteiger partial charge in [0.2, 0.25) is 15.9 Å². The smallest absolute Gasteiger partial charge is 0.241 e. The SMILES string of the molecule is CC(C)NC(=O)C(C)NS(=O)(=O)c1ccc(CBr)cc1. The van der Waals surface area contributed by atoms with Crippen LogP contribution in [-0.2, 0) is 20.1 Å². The van der Waals surface area contributed by atoms with Gasteiger partial charge in [-0.15, -0.1) is 0 Å². The lowest BCUT2D eigenvalue weighted by molar-refractivity contribution is -0.122. The number of hydrogen-bond acceptors (Lipinski definition) is 3. The first kappa shape index (κ1) is 17.1. The molecule has 0 aromatic heterocycles. The van der Waals surface area contributed by atoms with E-state index in [9.17, 15) is 13.2 Å². The molecule has 5 nitrogen and oxygen atoms in total. The number of nitrogens with one attached hydrogen (secondary N) is 2. The van der Waals surface area contributed by atoms with Crippen molar-refractivity contribution < 1.29 is 13.2 Å². The van der Waals surface area contributed by atoms with Crippen molar-refractivity contribution in [3.05, 3.63) is 29.8 Å². The van der Waals surface area contributed by atoms with Gasteiger partial charge in [-0.1, -0.05) is 28.1 Å². The van der Waals surface area contributed by atoms with Crippen molar-refractivity contribution in [3.8, 4) is 0 Å². The monoisotopic (exact) mass is 362 g/mol. The first-order chi connectivity index (χ1) is 9.26. The zero-order valence-corrected chi connectivity index (χ0v) is 14.1. The van der Waals surface area contributed by atoms with Crippen LogP contribution in [0, 0.1) is 0 Å². The molecule has 0 bridgehead atoms. The van der Waals surface area contributed by atoms with Crippen molar-refractivity contribution in [3.63, 3.8) is 0 Å². The van der Waals surface area contributed by atoms with Gasteiger partial charge in [-0.05, 0) is 38.5 Å². The van der Waals surface area contributed by atoms with E-state index >= 15 is 0 Å². The van der Waals surface area contributed by atoms with Crippen LogP contribution < -0.4 is 10.0 Å². The molecular formula is C13H19BrN2O3S. The number of carbonyl (C=O) groups excluding carboxylic acids is 1. The standard InChI is InChI=1S/C13H19BrN2O3S/c1-9(2)15-13(17)10(3)16-20(18,19)12-6-4-11(8-14)5-7-12/h4-7,9-10,16H,8H2,1-3H3,(H,15,17). The lowest BCUT2D eigenvalue weighted by Gasteiger charge is -2.16. The molecule has 1 aromatic carbocycles. The number of rotatable bonds is 6. The van der Waals surface area contributed by atoms with E-state index in [0.717, 1.165) is 5.56 Å². The third-order valence-electron chi connectivity index (χ3n) is 2.54. The zero-order valence-electron chi connectivity index (χ0n) is 11.7. The number of alkyl halides is 1. The highest BCUT2D eigenvalue weighted by Gasteiger charge is 2.22. The van der Waals surface area contributed by atoms with Gasteiger partial charge in [0.15, 0.2) is 0 Å². The summed E-state index contributed by atoms with van der Waals surface area (Å²) in [5.41, 5.74) is 0.981. The summed E-state index contributed by atoms with van der Waals surface area (Å²) in [6.07, 6.45) is 0. The quantitative estimate of drug-likeness (QED) is 0.757. The van der Waals surface area contributed by atoms with E-state index in [1.54, 1.807) is 12.1 Å². The molecule has 1 aromatic rings. The van der Waals surface area contributed by atoms with Gasteiger partial charge in [-0.3, -0.25) is 4.79 Å². The Morgan fingerprint density at radius 2 is 1.75 bits per heavy atom. The topological polar surface area (TPSA) is 75.3 Å². The van der Waals surface area contributed by atoms with Gasteiger partial charge in [0.1, 0.15) is 0 Å². The van der Waals surface area contributed by atoms with Crippen molar-refractivity contribution in [2.45, 2.75) is 43.1 Å². The van der Waals surface area contributed by atoms with Crippen LogP contribution in [-0.4, -0.2) is 26.4 Å². The fourth-order valence-corrected chi connectivity index (χ4v) is 3.10. The summed E-state index contributed by atoms with van der Waals surface area (Å²) in [5.74, 6) is -0.347. The largest absolute Gasteiger partial charge is 0.353 e. The lowest BCUT2D eigenvalue weighted by Crippen LogP contribution is -2.46. The first-order valence-corrected chi connectivity index (χ1v) is 8.84. The van der Waals surface area contributed by atoms with Gasteiger partial charge in [0, 0.05) is 11.4 Å². The summed E-state index contributed by atoms with van der Waals surface area (Å²) in [4.78, 5) is 11.9. The van der Waals surface area contributed by atoms with E-state index in [0.29, 0.717) is 5.33 Å². The number of benzene rings is 1. The number of halogens is 1. The average molecular weight is 363 g/mol. The minimum atomic E-state index is -3.69. The Bertz CT molecular complexity index is 555. The molecule has 1 atom stereocenters. The maximum atomic E-state index is 12.1. The fourth-order valence-electron chi connectivity index (χ4n) is 1.52. The van der Waals surface area contributed by atoms with Gasteiger partial charge >= 0.3 is 0 Å². The molecule has 0 aliphatic heterocycles. The average Bonchev–Trinajstić information content (AvgIpc) is 2.37. The summed E-state index contributed by atoms with van der Waals surface area (Å²) in [6, 6.07) is 5.63. The van der Waals surface area contributed by atoms with Gasteiger partial charge in [0.05, 0.1) is 10.9 Å². The van der Waals surface area contributed by atoms with E-state index in [1.807, 2.05) is 13.8 Å². The molecule has 0 spiro atoms. The second-order valence-corrected chi connectivity index (χ2v) is 7.06. The Balaban J connectivity index is 2.80. The third-order valence-corrected chi connectivity index (χ3v) is 4.75. The molecule has 1 rings (SSSR count). The second-order valence-electron chi connectivity index (χ2n) is 4.78. The van der Waals surface area contributed by atoms with E-state index in [4.69, 9.17) is 0 Å². The summed E-state index contributed by atoms with van der Waals surface area (Å²) < 4.78 is 26.6. The predicted octanol–water partition coefficient (Wildman–Crippen LogP) is 1.77. The van der Waals surface area contributed by atoms with Crippen LogP contribution in [0.25, 0.3) is 0 Å². The molecular weight excluding hydrogens is 344 g/mol. The molecule has 20 heavy (non-hydrogen) atoms. The third kappa shape index (κ3) is 4.88. The maximum absolute atomic E-state index is 12.1. The normalized spacial score (nSPS) is 13.2. The van der Waals surface area contributed by atoms with Crippen LogP contribution in [0.1, 0.15) is 26.3 Å². The molecule has 0 saturated carbocycles. The molecule has 2 N–H and O–H groups in total. The van der Waals surface area contributed by atoms with Crippen molar-refractivity contribution in [1.29, 1.82) is 0 Å². The van der Waals surface area contributed by atoms with Crippen molar-refractivity contribution in [1.82, 2.24) is 10.0 Å². The molecule has 0 heterocycles. The molecule has 0 radical (unpaired) electrons. The molecule has 1 unspecified atom stereocenters. The Labute approximate surface area is 128 Å². The Hall–Kier alpha value is -0.920. The van der Waals surface area contributed by atoms with Crippen LogP contribution >= 0.6 is 15.9 Å². The van der Waals surface area contributed by atoms with Gasteiger partial charge in [-0.2, -0.15) is 4.72 Å². The van der Waals surface area contributed by atoms with Crippen molar-refractivity contribution >= 4 is 31.9 Å². The molecule has 0 aliphatic carbocycles. The Kier molecular flexibility index (Phi) is 6.16. The highest BCUT2D eigenvalue weighted by atomic mass is 79.9. The van der Waals surface area contributed by atoms with Gasteiger partial charge in [0.25, 0.3) is 0 Å². The molecule has 112 valence electrons. The maximum Gasteiger partial charge on any atom is 0.241 e. The fraction of sp³-hybridized carbons (Fsp3) is 0.462. The van der Waals surface area contributed by atoms with Gasteiger partial charge in [-0.25, -0.2) is 8.42 Å². The van der Waals surface area contributed by atoms with Crippen LogP contribution in [0.2, 0.25) is 0 Å². The van der Waals surface area contributed by atoms with Gasteiger partial charge < -0.3 is 5.32 Å². The zero-order chi connectivity index (χ0) is 15.3. The van der Waals surface area contributed by atoms with Crippen LogP contribution in [0.5, 0.6) is 0 Å². The van der Waals surface area contributed by atoms with Crippen LogP contribution in [0.4, 0.5) is 0 Å². The van der Waals surface area contributed by atoms with E-state index in [1.165, 1.54) is 19.1 Å². The minimum absolute atomic E-state index is 0.0346. The summed E-state index contributed by atoms with van der Waals surface area (Å²) >= 11 is 3.30. The number of amides is 1. The molecule has 0 saturated heterocycles. The minimum Gasteiger partial charge on any atom is -0.353 e. The first-order valence-electron chi connectivity index (χ1n) is 6.24. The summed E-state index contributed by atoms with van der Waals surface area (Å²) in [6.45, 7) is 5.15. The van der Waals surface area contributed by atoms with Crippen molar-refractivity contribution in [2.75, 3.05) is 0 Å². The second kappa shape index (κ2) is 7.19. The van der Waals surface area contributed by atoms with Crippen molar-refractivity contribution in [2.24, 2.45) is 0 Å². The van der Waals surface area contributed by atoms with E-state index < -0.39 is 16.1 Å². The molecule has 1 amide bonds. The van der Waals surface area contributed by atoms with Crippen LogP contribution in [0.3, 0.4) is 0 Å². The number of carbonyl (C=O) groups is 1. The predicted molar refractivity (Wildman–Crippen MR) is 82.1 cm³/mol. The van der Waals surface area contributed by atoms with E-state index in [-0.39, 0.29) is 16.8 Å². The van der Waals surface area contributed by atoms with E-state index in [2.05, 4.69) is 26.0 Å². The molecule has 0 fully saturated rings. The lowest BCUT2D eigenvalue weighted by atomic mass is 10.2. The number of hydrogen-bond donors (Lipinski definition) is 2. The Morgan fingerprint density at radius 3 is 2.20 bits per heavy atom. The van der Waals surface area contributed by atoms with Crippen LogP contribution in [0.15, 0.2) is 29.2 Å². The molecule has 0 aliphatic rings.